The molecule has 0 bridgehead atoms. The van der Waals surface area contributed by atoms with Gasteiger partial charge >= 0.3 is 0 Å². The number of hydrogen-bond acceptors (Lipinski definition) is 6. The smallest absolute Gasteiger partial charge is 0.224 e. The van der Waals surface area contributed by atoms with Gasteiger partial charge in [0.15, 0.2) is 17.4 Å². The minimum atomic E-state index is -0.504. The van der Waals surface area contributed by atoms with Gasteiger partial charge in [0.25, 0.3) is 0 Å². The number of halogens is 1. The second-order valence-corrected chi connectivity index (χ2v) is 4.61. The average Bonchev–Trinajstić information content (AvgIpc) is 2.90. The summed E-state index contributed by atoms with van der Waals surface area (Å²) in [5, 5.41) is 12.9. The van der Waals surface area contributed by atoms with E-state index in [1.807, 2.05) is 6.07 Å². The number of rotatable bonds is 3. The van der Waals surface area contributed by atoms with Crippen LogP contribution in [0, 0.1) is 24.1 Å². The number of aryl methyl sites for hydroxylation is 1. The Hall–Kier alpha value is -3.47. The number of nitrogens with zero attached hydrogens (tertiary/aromatic N) is 5. The molecule has 3 rings (SSSR count). The van der Waals surface area contributed by atoms with E-state index in [1.54, 1.807) is 19.1 Å². The van der Waals surface area contributed by atoms with E-state index in [1.165, 1.54) is 29.1 Å². The lowest BCUT2D eigenvalue weighted by Gasteiger charge is -2.09. The molecule has 2 N–H and O–H groups in total. The minimum absolute atomic E-state index is 0.0442. The third kappa shape index (κ3) is 2.80. The molecule has 0 atom stereocenters. The monoisotopic (exact) mass is 310 g/mol. The van der Waals surface area contributed by atoms with Crippen LogP contribution >= 0.6 is 0 Å². The Labute approximate surface area is 130 Å². The van der Waals surface area contributed by atoms with E-state index in [-0.39, 0.29) is 23.0 Å². The summed E-state index contributed by atoms with van der Waals surface area (Å²) in [7, 11) is 0. The fourth-order valence-corrected chi connectivity index (χ4v) is 1.95. The highest BCUT2D eigenvalue weighted by molar-refractivity contribution is 5.51. The highest BCUT2D eigenvalue weighted by Crippen LogP contribution is 2.24. The first-order valence-electron chi connectivity index (χ1n) is 6.60. The van der Waals surface area contributed by atoms with Crippen LogP contribution < -0.4 is 10.5 Å². The number of para-hydroxylation sites is 1. The predicted molar refractivity (Wildman–Crippen MR) is 79.5 cm³/mol. The van der Waals surface area contributed by atoms with Gasteiger partial charge in [0.05, 0.1) is 6.20 Å². The van der Waals surface area contributed by atoms with Crippen molar-refractivity contribution in [1.82, 2.24) is 19.7 Å². The number of hydrogen-bond donors (Lipinski definition) is 1. The van der Waals surface area contributed by atoms with Crippen LogP contribution in [0.2, 0.25) is 0 Å². The van der Waals surface area contributed by atoms with Crippen LogP contribution in [0.5, 0.6) is 11.6 Å². The molecule has 0 aliphatic heterocycles. The van der Waals surface area contributed by atoms with Gasteiger partial charge in [-0.05, 0) is 19.1 Å². The van der Waals surface area contributed by atoms with E-state index < -0.39 is 5.82 Å². The Morgan fingerprint density at radius 2 is 2.09 bits per heavy atom. The van der Waals surface area contributed by atoms with Crippen molar-refractivity contribution in [3.05, 3.63) is 53.7 Å². The number of aromatic nitrogens is 4. The number of benzene rings is 1. The third-order valence-electron chi connectivity index (χ3n) is 3.00. The molecule has 8 heteroatoms. The van der Waals surface area contributed by atoms with Crippen LogP contribution in [0.4, 0.5) is 10.2 Å². The Morgan fingerprint density at radius 3 is 2.78 bits per heavy atom. The molecule has 1 aromatic carbocycles. The van der Waals surface area contributed by atoms with Crippen LogP contribution in [0.1, 0.15) is 11.4 Å². The van der Waals surface area contributed by atoms with Crippen LogP contribution in [0.25, 0.3) is 5.82 Å². The van der Waals surface area contributed by atoms with E-state index in [2.05, 4.69) is 15.1 Å². The summed E-state index contributed by atoms with van der Waals surface area (Å²) in [6.45, 7) is 1.66. The number of ether oxygens (including phenoxy) is 1. The van der Waals surface area contributed by atoms with Crippen molar-refractivity contribution in [2.75, 3.05) is 5.73 Å². The number of nitriles is 1. The van der Waals surface area contributed by atoms with E-state index in [4.69, 9.17) is 15.7 Å². The molecule has 0 aliphatic rings. The highest BCUT2D eigenvalue weighted by Gasteiger charge is 2.13. The largest absolute Gasteiger partial charge is 0.436 e. The maximum absolute atomic E-state index is 13.7. The molecule has 0 aliphatic carbocycles. The average molecular weight is 310 g/mol. The Kier molecular flexibility index (Phi) is 3.60. The third-order valence-corrected chi connectivity index (χ3v) is 3.00. The van der Waals surface area contributed by atoms with Crippen molar-refractivity contribution in [2.24, 2.45) is 0 Å². The first kappa shape index (κ1) is 14.5. The molecular formula is C15H11FN6O. The lowest BCUT2D eigenvalue weighted by atomic mass is 10.3. The SMILES string of the molecule is Cc1nc(Oc2ccccc2F)cc(-n2ncc(C#N)c2N)n1. The summed E-state index contributed by atoms with van der Waals surface area (Å²) >= 11 is 0. The fraction of sp³-hybridized carbons (Fsp3) is 0.0667. The molecule has 0 fully saturated rings. The van der Waals surface area contributed by atoms with Gasteiger partial charge in [0.2, 0.25) is 5.88 Å². The molecule has 0 spiro atoms. The van der Waals surface area contributed by atoms with Crippen molar-refractivity contribution in [1.29, 1.82) is 5.26 Å². The maximum atomic E-state index is 13.7. The van der Waals surface area contributed by atoms with Crippen molar-refractivity contribution < 1.29 is 9.13 Å². The molecule has 0 amide bonds. The molecular weight excluding hydrogens is 299 g/mol. The Bertz CT molecular complexity index is 915. The van der Waals surface area contributed by atoms with Gasteiger partial charge in [0, 0.05) is 6.07 Å². The van der Waals surface area contributed by atoms with E-state index >= 15 is 0 Å². The Balaban J connectivity index is 2.01. The van der Waals surface area contributed by atoms with Gasteiger partial charge in [-0.25, -0.2) is 9.37 Å². The molecule has 114 valence electrons. The standard InChI is InChI=1S/C15H11FN6O/c1-9-20-13(22-15(18)10(7-17)8-19-22)6-14(21-9)23-12-5-3-2-4-11(12)16/h2-6,8H,18H2,1H3. The second-order valence-electron chi connectivity index (χ2n) is 4.61. The van der Waals surface area contributed by atoms with Crippen molar-refractivity contribution in [3.8, 4) is 23.5 Å². The Morgan fingerprint density at radius 1 is 1.30 bits per heavy atom. The van der Waals surface area contributed by atoms with E-state index in [0.29, 0.717) is 11.6 Å². The summed E-state index contributed by atoms with van der Waals surface area (Å²) in [6, 6.07) is 9.38. The molecule has 7 nitrogen and oxygen atoms in total. The zero-order valence-electron chi connectivity index (χ0n) is 12.1. The maximum Gasteiger partial charge on any atom is 0.224 e. The van der Waals surface area contributed by atoms with Crippen LogP contribution in [-0.2, 0) is 0 Å². The van der Waals surface area contributed by atoms with Gasteiger partial charge < -0.3 is 10.5 Å². The molecule has 0 saturated carbocycles. The molecule has 3 aromatic rings. The quantitative estimate of drug-likeness (QED) is 0.796. The topological polar surface area (TPSA) is 103 Å². The van der Waals surface area contributed by atoms with E-state index in [0.717, 1.165) is 0 Å². The number of nitrogens with two attached hydrogens (primary N) is 1. The molecule has 0 unspecified atom stereocenters. The zero-order chi connectivity index (χ0) is 16.4. The van der Waals surface area contributed by atoms with Crippen LogP contribution in [-0.4, -0.2) is 19.7 Å². The molecule has 2 heterocycles. The minimum Gasteiger partial charge on any atom is -0.436 e. The molecule has 2 aromatic heterocycles. The van der Waals surface area contributed by atoms with Gasteiger partial charge in [-0.1, -0.05) is 12.1 Å². The summed E-state index contributed by atoms with van der Waals surface area (Å²) in [4.78, 5) is 8.31. The summed E-state index contributed by atoms with van der Waals surface area (Å²) in [5.41, 5.74) is 6.07. The van der Waals surface area contributed by atoms with E-state index in [9.17, 15) is 4.39 Å². The molecule has 0 saturated heterocycles. The molecule has 0 radical (unpaired) electrons. The summed E-state index contributed by atoms with van der Waals surface area (Å²) in [5.74, 6) is 0.553. The van der Waals surface area contributed by atoms with Crippen LogP contribution in [0.15, 0.2) is 36.5 Å². The lowest BCUT2D eigenvalue weighted by molar-refractivity contribution is 0.424. The van der Waals surface area contributed by atoms with Gasteiger partial charge in [-0.3, -0.25) is 0 Å². The number of anilines is 1. The van der Waals surface area contributed by atoms with Crippen molar-refractivity contribution in [2.45, 2.75) is 6.92 Å². The van der Waals surface area contributed by atoms with Gasteiger partial charge in [-0.15, -0.1) is 0 Å². The summed E-state index contributed by atoms with van der Waals surface area (Å²) in [6.07, 6.45) is 1.34. The first-order valence-corrected chi connectivity index (χ1v) is 6.60. The normalized spacial score (nSPS) is 10.3. The second kappa shape index (κ2) is 5.73. The van der Waals surface area contributed by atoms with Crippen LogP contribution in [0.3, 0.4) is 0 Å². The van der Waals surface area contributed by atoms with Gasteiger partial charge in [-0.2, -0.15) is 20.0 Å². The van der Waals surface area contributed by atoms with Gasteiger partial charge in [0.1, 0.15) is 23.3 Å². The summed E-state index contributed by atoms with van der Waals surface area (Å²) < 4.78 is 20.4. The van der Waals surface area contributed by atoms with Crippen molar-refractivity contribution in [3.63, 3.8) is 0 Å². The lowest BCUT2D eigenvalue weighted by Crippen LogP contribution is -2.07. The predicted octanol–water partition coefficient (Wildman–Crippen LogP) is 2.36. The molecule has 23 heavy (non-hydrogen) atoms. The number of nitrogen functional groups attached to an aromatic ring is 1. The fourth-order valence-electron chi connectivity index (χ4n) is 1.95. The highest BCUT2D eigenvalue weighted by atomic mass is 19.1. The zero-order valence-corrected chi connectivity index (χ0v) is 12.1. The first-order chi connectivity index (χ1) is 11.1. The van der Waals surface area contributed by atoms with Crippen molar-refractivity contribution >= 4 is 5.82 Å².